The van der Waals surface area contributed by atoms with Crippen LogP contribution in [0.2, 0.25) is 0 Å². The van der Waals surface area contributed by atoms with E-state index < -0.39 is 5.54 Å². The number of fused-ring (bicyclic) bond motifs is 1. The fourth-order valence-corrected chi connectivity index (χ4v) is 7.25. The Balaban J connectivity index is 2.01. The second kappa shape index (κ2) is 5.92. The smallest absolute Gasteiger partial charge is 0.199 e. The van der Waals surface area contributed by atoms with Gasteiger partial charge in [0.2, 0.25) is 0 Å². The molecule has 2 saturated heterocycles. The maximum absolute atomic E-state index is 9.66. The van der Waals surface area contributed by atoms with Crippen LogP contribution in [-0.4, -0.2) is 61.4 Å². The van der Waals surface area contributed by atoms with E-state index in [9.17, 15) is 5.26 Å². The molecule has 114 valence electrons. The van der Waals surface area contributed by atoms with E-state index in [-0.39, 0.29) is 0 Å². The van der Waals surface area contributed by atoms with Crippen LogP contribution in [0.25, 0.3) is 0 Å². The molecule has 0 radical (unpaired) electrons. The molecule has 3 rings (SSSR count). The maximum Gasteiger partial charge on any atom is 0.199 e. The fraction of sp³-hybridized carbons (Fsp3) is 0.692. The first-order valence-corrected chi connectivity index (χ1v) is 11.9. The minimum Gasteiger partial charge on any atom is -0.344 e. The van der Waals surface area contributed by atoms with E-state index in [0.717, 1.165) is 62.7 Å². The second-order valence-electron chi connectivity index (χ2n) is 5.70. The highest BCUT2D eigenvalue weighted by molar-refractivity contribution is 8.69. The van der Waals surface area contributed by atoms with Gasteiger partial charge in [-0.1, -0.05) is 11.4 Å². The highest BCUT2D eigenvalue weighted by Crippen LogP contribution is 2.67. The predicted molar refractivity (Wildman–Crippen MR) is 92.0 cm³/mol. The van der Waals surface area contributed by atoms with Gasteiger partial charge in [-0.3, -0.25) is 0 Å². The van der Waals surface area contributed by atoms with Gasteiger partial charge in [-0.05, 0) is 30.9 Å². The summed E-state index contributed by atoms with van der Waals surface area (Å²) < 4.78 is 7.20. The Kier molecular flexibility index (Phi) is 4.33. The van der Waals surface area contributed by atoms with Crippen LogP contribution in [0, 0.1) is 11.3 Å². The molecule has 0 spiro atoms. The first kappa shape index (κ1) is 15.4. The van der Waals surface area contributed by atoms with Crippen molar-refractivity contribution in [3.8, 4) is 6.07 Å². The maximum atomic E-state index is 9.66. The monoisotopic (exact) mass is 342 g/mol. The van der Waals surface area contributed by atoms with Crippen molar-refractivity contribution >= 4 is 34.6 Å². The van der Waals surface area contributed by atoms with E-state index in [2.05, 4.69) is 28.9 Å². The fourth-order valence-electron chi connectivity index (χ4n) is 3.12. The Labute approximate surface area is 135 Å². The van der Waals surface area contributed by atoms with Crippen molar-refractivity contribution in [1.29, 1.82) is 5.26 Å². The zero-order chi connectivity index (χ0) is 15.0. The number of nitriles is 1. The summed E-state index contributed by atoms with van der Waals surface area (Å²) in [4.78, 5) is 3.83. The number of likely N-dealkylation sites (N-methyl/N-ethyl adjacent to an activating group) is 1. The lowest BCUT2D eigenvalue weighted by atomic mass is 10.1. The summed E-state index contributed by atoms with van der Waals surface area (Å²) in [5, 5.41) is 9.66. The molecule has 0 bridgehead atoms. The van der Waals surface area contributed by atoms with E-state index in [1.54, 1.807) is 16.3 Å². The average molecular weight is 342 g/mol. The number of rotatable bonds is 1. The largest absolute Gasteiger partial charge is 0.344 e. The minimum atomic E-state index is -1.97. The van der Waals surface area contributed by atoms with Crippen molar-refractivity contribution < 1.29 is 4.90 Å². The van der Waals surface area contributed by atoms with Gasteiger partial charge in [0.05, 0.1) is 33.2 Å². The van der Waals surface area contributed by atoms with Crippen LogP contribution in [0.3, 0.4) is 0 Å². The predicted octanol–water partition coefficient (Wildman–Crippen LogP) is 0.690. The molecule has 0 aromatic carbocycles. The zero-order valence-corrected chi connectivity index (χ0v) is 15.0. The molecule has 1 N–H and O–H groups in total. The van der Waals surface area contributed by atoms with Gasteiger partial charge in [0.15, 0.2) is 11.4 Å². The van der Waals surface area contributed by atoms with Crippen LogP contribution in [0.15, 0.2) is 16.0 Å². The van der Waals surface area contributed by atoms with Gasteiger partial charge >= 0.3 is 0 Å². The highest BCUT2D eigenvalue weighted by Gasteiger charge is 2.39. The summed E-state index contributed by atoms with van der Waals surface area (Å²) >= 11 is 7.59. The second-order valence-corrected chi connectivity index (χ2v) is 12.6. The van der Waals surface area contributed by atoms with Gasteiger partial charge in [-0.2, -0.15) is 5.26 Å². The Morgan fingerprint density at radius 1 is 1.38 bits per heavy atom. The standard InChI is InChI=1S/C13H20N5PS2/c1-16-6-8-17(9-7-16)13-11(10-14)12-4-3-5-18(12)19(20,15-13)21-2/h3-9H2,1-2H3/p+1/t19-/m0/s1. The van der Waals surface area contributed by atoms with Crippen LogP contribution in [0.1, 0.15) is 12.8 Å². The van der Waals surface area contributed by atoms with Gasteiger partial charge in [0, 0.05) is 12.2 Å². The quantitative estimate of drug-likeness (QED) is 0.711. The first-order chi connectivity index (χ1) is 10.1. The molecular weight excluding hydrogens is 321 g/mol. The molecule has 21 heavy (non-hydrogen) atoms. The Morgan fingerprint density at radius 3 is 2.71 bits per heavy atom. The molecule has 1 atom stereocenters. The number of allylic oxidation sites excluding steroid dienone is 1. The first-order valence-electron chi connectivity index (χ1n) is 7.33. The summed E-state index contributed by atoms with van der Waals surface area (Å²) in [6.07, 6.45) is 4.12. The normalized spacial score (nSPS) is 30.2. The molecule has 0 amide bonds. The van der Waals surface area contributed by atoms with Gasteiger partial charge in [-0.25, -0.2) is 4.76 Å². The molecule has 3 aliphatic heterocycles. The van der Waals surface area contributed by atoms with Crippen molar-refractivity contribution in [3.05, 3.63) is 11.3 Å². The molecule has 0 aromatic rings. The van der Waals surface area contributed by atoms with Crippen LogP contribution >= 0.6 is 16.9 Å². The molecule has 0 aromatic heterocycles. The number of nitrogens with one attached hydrogen (secondary N) is 1. The van der Waals surface area contributed by atoms with Crippen LogP contribution in [0.4, 0.5) is 0 Å². The molecule has 5 nitrogen and oxygen atoms in total. The Bertz CT molecular complexity index is 586. The number of hydrogen-bond donors (Lipinski definition) is 1. The molecule has 3 heterocycles. The van der Waals surface area contributed by atoms with E-state index in [1.807, 2.05) is 0 Å². The van der Waals surface area contributed by atoms with Crippen LogP contribution in [0.5, 0.6) is 0 Å². The molecule has 0 saturated carbocycles. The molecule has 3 aliphatic rings. The topological polar surface area (TPSA) is 47.1 Å². The SMILES string of the molecule is CS[P@@]1(=S)N=C(N2CC[NH+](C)CC2)C(C#N)=C2CCCN21. The highest BCUT2D eigenvalue weighted by atomic mass is 32.9. The minimum absolute atomic E-state index is 0.779. The van der Waals surface area contributed by atoms with Gasteiger partial charge in [-0.15, -0.1) is 0 Å². The van der Waals surface area contributed by atoms with Gasteiger partial charge < -0.3 is 14.5 Å². The van der Waals surface area contributed by atoms with E-state index >= 15 is 0 Å². The van der Waals surface area contributed by atoms with Gasteiger partial charge in [0.25, 0.3) is 0 Å². The summed E-state index contributed by atoms with van der Waals surface area (Å²) in [7, 11) is 2.22. The number of quaternary nitrogens is 1. The number of piperazine rings is 1. The summed E-state index contributed by atoms with van der Waals surface area (Å²) in [6.45, 7) is 5.08. The zero-order valence-electron chi connectivity index (χ0n) is 12.5. The van der Waals surface area contributed by atoms with Crippen LogP contribution in [-0.2, 0) is 11.8 Å². The number of hydrogen-bond acceptors (Lipinski definition) is 4. The van der Waals surface area contributed by atoms with Gasteiger partial charge in [0.1, 0.15) is 11.6 Å². The summed E-state index contributed by atoms with van der Waals surface area (Å²) in [5.74, 6) is 0.885. The van der Waals surface area contributed by atoms with Crippen LogP contribution < -0.4 is 4.90 Å². The van der Waals surface area contributed by atoms with E-state index in [0.29, 0.717) is 0 Å². The third kappa shape index (κ3) is 2.63. The van der Waals surface area contributed by atoms with E-state index in [4.69, 9.17) is 16.6 Å². The lowest BCUT2D eigenvalue weighted by Crippen LogP contribution is -3.12. The van der Waals surface area contributed by atoms with Crippen molar-refractivity contribution in [2.75, 3.05) is 46.0 Å². The summed E-state index contributed by atoms with van der Waals surface area (Å²) in [6, 6.07) is 2.42. The number of amidine groups is 1. The van der Waals surface area contributed by atoms with Crippen molar-refractivity contribution in [1.82, 2.24) is 9.57 Å². The molecule has 0 aliphatic carbocycles. The lowest BCUT2D eigenvalue weighted by Gasteiger charge is -2.39. The third-order valence-electron chi connectivity index (χ3n) is 4.40. The third-order valence-corrected chi connectivity index (χ3v) is 10.8. The molecular formula is C13H21N5PS2+. The van der Waals surface area contributed by atoms with Crippen molar-refractivity contribution in [2.45, 2.75) is 12.8 Å². The Hall–Kier alpha value is -0.540. The molecule has 0 unspecified atom stereocenters. The molecule has 8 heteroatoms. The Morgan fingerprint density at radius 2 is 2.10 bits per heavy atom. The summed E-state index contributed by atoms with van der Waals surface area (Å²) in [5.41, 5.74) is -0.0348. The molecule has 2 fully saturated rings. The van der Waals surface area contributed by atoms with Crippen molar-refractivity contribution in [2.24, 2.45) is 4.76 Å². The van der Waals surface area contributed by atoms with Crippen molar-refractivity contribution in [3.63, 3.8) is 0 Å². The van der Waals surface area contributed by atoms with E-state index in [1.165, 1.54) is 0 Å². The lowest BCUT2D eigenvalue weighted by molar-refractivity contribution is -0.883. The number of nitrogens with zero attached hydrogens (tertiary/aromatic N) is 4. The average Bonchev–Trinajstić information content (AvgIpc) is 2.98.